The summed E-state index contributed by atoms with van der Waals surface area (Å²) in [4.78, 5) is 10.8. The number of ether oxygens (including phenoxy) is 2. The number of benzene rings is 2. The molecule has 2 aromatic carbocycles. The zero-order chi connectivity index (χ0) is 14.2. The van der Waals surface area contributed by atoms with Gasteiger partial charge in [0.15, 0.2) is 17.9 Å². The highest BCUT2D eigenvalue weighted by Crippen LogP contribution is 2.21. The Hall–Kier alpha value is -2.36. The zero-order valence-electron chi connectivity index (χ0n) is 10.9. The average Bonchev–Trinajstić information content (AvgIpc) is 2.49. The Morgan fingerprint density at radius 2 is 1.70 bits per heavy atom. The van der Waals surface area contributed by atoms with Gasteiger partial charge in [-0.25, -0.2) is 4.39 Å². The van der Waals surface area contributed by atoms with E-state index in [9.17, 15) is 9.18 Å². The standard InChI is InChI=1S/C16H15FO3/c17-15-9-4-6-13(12-18)16(15)20-11-5-10-19-14-7-2-1-3-8-14/h1-4,6-9,12H,5,10-11H2. The third-order valence-corrected chi connectivity index (χ3v) is 2.67. The second-order valence-corrected chi connectivity index (χ2v) is 4.14. The number of carbonyl (C=O) groups is 1. The molecule has 3 nitrogen and oxygen atoms in total. The first-order valence-corrected chi connectivity index (χ1v) is 6.35. The van der Waals surface area contributed by atoms with Gasteiger partial charge in [0.1, 0.15) is 5.75 Å². The predicted molar refractivity (Wildman–Crippen MR) is 73.8 cm³/mol. The summed E-state index contributed by atoms with van der Waals surface area (Å²) in [7, 11) is 0. The predicted octanol–water partition coefficient (Wildman–Crippen LogP) is 3.49. The van der Waals surface area contributed by atoms with Gasteiger partial charge in [-0.3, -0.25) is 4.79 Å². The van der Waals surface area contributed by atoms with Crippen LogP contribution in [0.3, 0.4) is 0 Å². The molecular weight excluding hydrogens is 259 g/mol. The lowest BCUT2D eigenvalue weighted by Crippen LogP contribution is -2.07. The minimum absolute atomic E-state index is 0.00205. The highest BCUT2D eigenvalue weighted by molar-refractivity contribution is 5.79. The van der Waals surface area contributed by atoms with E-state index in [1.165, 1.54) is 18.2 Å². The lowest BCUT2D eigenvalue weighted by Gasteiger charge is -2.10. The van der Waals surface area contributed by atoms with Crippen LogP contribution in [0.25, 0.3) is 0 Å². The number of hydrogen-bond acceptors (Lipinski definition) is 3. The molecule has 2 aromatic rings. The Morgan fingerprint density at radius 3 is 2.45 bits per heavy atom. The van der Waals surface area contributed by atoms with Crippen LogP contribution in [0.1, 0.15) is 16.8 Å². The Morgan fingerprint density at radius 1 is 0.950 bits per heavy atom. The Labute approximate surface area is 117 Å². The summed E-state index contributed by atoms with van der Waals surface area (Å²) < 4.78 is 24.3. The quantitative estimate of drug-likeness (QED) is 0.572. The molecule has 0 aliphatic carbocycles. The van der Waals surface area contributed by atoms with Gasteiger partial charge in [0.2, 0.25) is 0 Å². The molecule has 0 spiro atoms. The maximum atomic E-state index is 13.5. The zero-order valence-corrected chi connectivity index (χ0v) is 10.9. The van der Waals surface area contributed by atoms with Crippen molar-refractivity contribution in [3.05, 3.63) is 59.9 Å². The number of rotatable bonds is 7. The van der Waals surface area contributed by atoms with Gasteiger partial charge >= 0.3 is 0 Å². The summed E-state index contributed by atoms with van der Waals surface area (Å²) >= 11 is 0. The van der Waals surface area contributed by atoms with E-state index < -0.39 is 5.82 Å². The molecule has 2 rings (SSSR count). The van der Waals surface area contributed by atoms with Gasteiger partial charge in [-0.2, -0.15) is 0 Å². The molecule has 0 aliphatic heterocycles. The molecule has 0 heterocycles. The van der Waals surface area contributed by atoms with E-state index in [2.05, 4.69) is 0 Å². The van der Waals surface area contributed by atoms with Crippen LogP contribution in [0.15, 0.2) is 48.5 Å². The van der Waals surface area contributed by atoms with Crippen molar-refractivity contribution in [2.75, 3.05) is 13.2 Å². The summed E-state index contributed by atoms with van der Waals surface area (Å²) in [6.07, 6.45) is 1.18. The smallest absolute Gasteiger partial charge is 0.165 e. The van der Waals surface area contributed by atoms with Crippen LogP contribution in [0.4, 0.5) is 4.39 Å². The van der Waals surface area contributed by atoms with Crippen molar-refractivity contribution in [1.29, 1.82) is 0 Å². The number of carbonyl (C=O) groups excluding carboxylic acids is 1. The first-order valence-electron chi connectivity index (χ1n) is 6.35. The van der Waals surface area contributed by atoms with Crippen molar-refractivity contribution in [2.24, 2.45) is 0 Å². The first kappa shape index (κ1) is 14.1. The van der Waals surface area contributed by atoms with Gasteiger partial charge in [0.05, 0.1) is 18.8 Å². The van der Waals surface area contributed by atoms with E-state index in [0.29, 0.717) is 19.3 Å². The number of halogens is 1. The molecule has 0 amide bonds. The molecule has 0 unspecified atom stereocenters. The van der Waals surface area contributed by atoms with Crippen molar-refractivity contribution in [3.8, 4) is 11.5 Å². The maximum absolute atomic E-state index is 13.5. The SMILES string of the molecule is O=Cc1cccc(F)c1OCCCOc1ccccc1. The van der Waals surface area contributed by atoms with Gasteiger partial charge in [-0.05, 0) is 24.3 Å². The Balaban J connectivity index is 1.78. The summed E-state index contributed by atoms with van der Waals surface area (Å²) in [5.74, 6) is 0.257. The molecule has 0 fully saturated rings. The van der Waals surface area contributed by atoms with Crippen molar-refractivity contribution in [1.82, 2.24) is 0 Å². The summed E-state index contributed by atoms with van der Waals surface area (Å²) in [6.45, 7) is 0.753. The fraction of sp³-hybridized carbons (Fsp3) is 0.188. The molecule has 0 saturated heterocycles. The summed E-state index contributed by atoms with van der Waals surface area (Å²) in [6, 6.07) is 13.7. The number of para-hydroxylation sites is 2. The van der Waals surface area contributed by atoms with Crippen LogP contribution in [0.5, 0.6) is 11.5 Å². The highest BCUT2D eigenvalue weighted by atomic mass is 19.1. The van der Waals surface area contributed by atoms with E-state index in [0.717, 1.165) is 5.75 Å². The van der Waals surface area contributed by atoms with Crippen molar-refractivity contribution >= 4 is 6.29 Å². The van der Waals surface area contributed by atoms with Crippen LogP contribution in [0, 0.1) is 5.82 Å². The van der Waals surface area contributed by atoms with E-state index in [-0.39, 0.29) is 17.9 Å². The van der Waals surface area contributed by atoms with Gasteiger partial charge in [0, 0.05) is 6.42 Å². The molecule has 104 valence electrons. The highest BCUT2D eigenvalue weighted by Gasteiger charge is 2.08. The molecule has 0 aromatic heterocycles. The number of hydrogen-bond donors (Lipinski definition) is 0. The third kappa shape index (κ3) is 3.82. The monoisotopic (exact) mass is 274 g/mol. The molecule has 0 aliphatic rings. The maximum Gasteiger partial charge on any atom is 0.165 e. The second-order valence-electron chi connectivity index (χ2n) is 4.14. The van der Waals surface area contributed by atoms with Crippen molar-refractivity contribution in [2.45, 2.75) is 6.42 Å². The summed E-state index contributed by atoms with van der Waals surface area (Å²) in [5, 5.41) is 0. The molecule has 0 N–H and O–H groups in total. The molecular formula is C16H15FO3. The van der Waals surface area contributed by atoms with Crippen molar-refractivity contribution in [3.63, 3.8) is 0 Å². The van der Waals surface area contributed by atoms with E-state index >= 15 is 0 Å². The van der Waals surface area contributed by atoms with Crippen LogP contribution in [-0.4, -0.2) is 19.5 Å². The molecule has 0 radical (unpaired) electrons. The largest absolute Gasteiger partial charge is 0.493 e. The third-order valence-electron chi connectivity index (χ3n) is 2.67. The first-order chi connectivity index (χ1) is 9.81. The van der Waals surface area contributed by atoms with E-state index in [4.69, 9.17) is 9.47 Å². The van der Waals surface area contributed by atoms with E-state index in [1.807, 2.05) is 30.3 Å². The van der Waals surface area contributed by atoms with Crippen LogP contribution in [-0.2, 0) is 0 Å². The molecule has 0 atom stereocenters. The molecule has 4 heteroatoms. The van der Waals surface area contributed by atoms with Crippen LogP contribution in [0.2, 0.25) is 0 Å². The molecule has 20 heavy (non-hydrogen) atoms. The van der Waals surface area contributed by atoms with Gasteiger partial charge in [-0.1, -0.05) is 24.3 Å². The normalized spacial score (nSPS) is 10.1. The minimum Gasteiger partial charge on any atom is -0.493 e. The lowest BCUT2D eigenvalue weighted by atomic mass is 10.2. The second kappa shape index (κ2) is 7.28. The summed E-state index contributed by atoms with van der Waals surface area (Å²) in [5.41, 5.74) is 0.217. The van der Waals surface area contributed by atoms with Gasteiger partial charge in [-0.15, -0.1) is 0 Å². The minimum atomic E-state index is -0.529. The van der Waals surface area contributed by atoms with Gasteiger partial charge in [0.25, 0.3) is 0 Å². The number of aldehydes is 1. The Kier molecular flexibility index (Phi) is 5.12. The average molecular weight is 274 g/mol. The van der Waals surface area contributed by atoms with Gasteiger partial charge < -0.3 is 9.47 Å². The molecule has 0 bridgehead atoms. The van der Waals surface area contributed by atoms with Crippen molar-refractivity contribution < 1.29 is 18.7 Å². The van der Waals surface area contributed by atoms with Crippen LogP contribution >= 0.6 is 0 Å². The molecule has 0 saturated carbocycles. The fourth-order valence-corrected chi connectivity index (χ4v) is 1.71. The Bertz CT molecular complexity index is 555. The van der Waals surface area contributed by atoms with Crippen LogP contribution < -0.4 is 9.47 Å². The van der Waals surface area contributed by atoms with E-state index in [1.54, 1.807) is 0 Å². The fourth-order valence-electron chi connectivity index (χ4n) is 1.71. The lowest BCUT2D eigenvalue weighted by molar-refractivity contribution is 0.111. The topological polar surface area (TPSA) is 35.5 Å².